The minimum Gasteiger partial charge on any atom is -0.338 e. The molecule has 118 valence electrons. The van der Waals surface area contributed by atoms with Crippen LogP contribution in [0, 0.1) is 11.3 Å². The summed E-state index contributed by atoms with van der Waals surface area (Å²) >= 11 is 0. The van der Waals surface area contributed by atoms with Gasteiger partial charge in [0.15, 0.2) is 5.82 Å². The number of benzene rings is 1. The number of hydrogen-bond acceptors (Lipinski definition) is 4. The van der Waals surface area contributed by atoms with E-state index in [1.54, 1.807) is 17.0 Å². The van der Waals surface area contributed by atoms with E-state index in [0.717, 1.165) is 11.4 Å². The smallest absolute Gasteiger partial charge is 0.253 e. The Kier molecular flexibility index (Phi) is 4.38. The number of nitriles is 1. The highest BCUT2D eigenvalue weighted by Crippen LogP contribution is 2.38. The van der Waals surface area contributed by atoms with Crippen molar-refractivity contribution in [3.8, 4) is 17.5 Å². The lowest BCUT2D eigenvalue weighted by molar-refractivity contribution is 0.0768. The maximum absolute atomic E-state index is 12.4. The van der Waals surface area contributed by atoms with Gasteiger partial charge in [-0.15, -0.1) is 0 Å². The molecule has 0 unspecified atom stereocenters. The van der Waals surface area contributed by atoms with E-state index in [4.69, 9.17) is 5.26 Å². The first kappa shape index (κ1) is 15.2. The van der Waals surface area contributed by atoms with Crippen LogP contribution in [-0.4, -0.2) is 39.1 Å². The summed E-state index contributed by atoms with van der Waals surface area (Å²) in [7, 11) is 0. The van der Waals surface area contributed by atoms with Gasteiger partial charge in [-0.3, -0.25) is 9.89 Å². The SMILES string of the molecule is CCN(CCC#N)C(=O)c1ccc(-c2n[nH]c(C3CC3)n2)cc1. The third-order valence-corrected chi connectivity index (χ3v) is 4.02. The lowest BCUT2D eigenvalue weighted by Gasteiger charge is -2.19. The van der Waals surface area contributed by atoms with Crippen LogP contribution < -0.4 is 0 Å². The van der Waals surface area contributed by atoms with Crippen LogP contribution in [-0.2, 0) is 0 Å². The van der Waals surface area contributed by atoms with E-state index in [9.17, 15) is 4.79 Å². The highest BCUT2D eigenvalue weighted by atomic mass is 16.2. The molecule has 1 aromatic heterocycles. The van der Waals surface area contributed by atoms with Crippen LogP contribution in [0.4, 0.5) is 0 Å². The average Bonchev–Trinajstić information content (AvgIpc) is 3.32. The highest BCUT2D eigenvalue weighted by molar-refractivity contribution is 5.94. The number of aromatic amines is 1. The van der Waals surface area contributed by atoms with Gasteiger partial charge in [0.25, 0.3) is 5.91 Å². The fraction of sp³-hybridized carbons (Fsp3) is 0.412. The largest absolute Gasteiger partial charge is 0.338 e. The number of nitrogens with zero attached hydrogens (tertiary/aromatic N) is 4. The number of carbonyl (C=O) groups excluding carboxylic acids is 1. The summed E-state index contributed by atoms with van der Waals surface area (Å²) in [5, 5.41) is 15.9. The Morgan fingerprint density at radius 3 is 2.74 bits per heavy atom. The summed E-state index contributed by atoms with van der Waals surface area (Å²) in [5.41, 5.74) is 1.51. The molecule has 3 rings (SSSR count). The van der Waals surface area contributed by atoms with Gasteiger partial charge in [-0.25, -0.2) is 4.98 Å². The molecule has 6 nitrogen and oxygen atoms in total. The molecule has 0 atom stereocenters. The lowest BCUT2D eigenvalue weighted by Crippen LogP contribution is -2.31. The van der Waals surface area contributed by atoms with Gasteiger partial charge < -0.3 is 4.90 Å². The number of amides is 1. The van der Waals surface area contributed by atoms with Crippen LogP contribution in [0.2, 0.25) is 0 Å². The molecule has 6 heteroatoms. The predicted octanol–water partition coefficient (Wildman–Crippen LogP) is 2.72. The van der Waals surface area contributed by atoms with Crippen LogP contribution in [0.25, 0.3) is 11.4 Å². The number of rotatable bonds is 6. The van der Waals surface area contributed by atoms with Crippen molar-refractivity contribution in [3.05, 3.63) is 35.7 Å². The lowest BCUT2D eigenvalue weighted by atomic mass is 10.1. The van der Waals surface area contributed by atoms with E-state index in [1.165, 1.54) is 12.8 Å². The van der Waals surface area contributed by atoms with E-state index in [0.29, 0.717) is 36.8 Å². The van der Waals surface area contributed by atoms with E-state index < -0.39 is 0 Å². The zero-order valence-electron chi connectivity index (χ0n) is 13.1. The molecule has 1 aromatic carbocycles. The standard InChI is InChI=1S/C17H19N5O/c1-2-22(11-3-10-18)17(23)14-8-6-13(7-9-14)16-19-15(20-21-16)12-4-5-12/h6-9,12H,2-5,11H2,1H3,(H,19,20,21). The van der Waals surface area contributed by atoms with Crippen molar-refractivity contribution in [2.75, 3.05) is 13.1 Å². The van der Waals surface area contributed by atoms with Gasteiger partial charge >= 0.3 is 0 Å². The molecule has 1 amide bonds. The third kappa shape index (κ3) is 3.39. The second kappa shape index (κ2) is 6.61. The molecular formula is C17H19N5O. The highest BCUT2D eigenvalue weighted by Gasteiger charge is 2.27. The van der Waals surface area contributed by atoms with Crippen molar-refractivity contribution in [2.24, 2.45) is 0 Å². The van der Waals surface area contributed by atoms with Gasteiger partial charge in [0.2, 0.25) is 0 Å². The molecule has 0 aliphatic heterocycles. The quantitative estimate of drug-likeness (QED) is 0.889. The Labute approximate surface area is 135 Å². The molecule has 0 radical (unpaired) electrons. The van der Waals surface area contributed by atoms with Gasteiger partial charge in [0, 0.05) is 30.1 Å². The third-order valence-electron chi connectivity index (χ3n) is 4.02. The fourth-order valence-electron chi connectivity index (χ4n) is 2.48. The maximum Gasteiger partial charge on any atom is 0.253 e. The zero-order chi connectivity index (χ0) is 16.2. The molecule has 23 heavy (non-hydrogen) atoms. The second-order valence-electron chi connectivity index (χ2n) is 5.69. The van der Waals surface area contributed by atoms with E-state index in [-0.39, 0.29) is 5.91 Å². The molecular weight excluding hydrogens is 290 g/mol. The topological polar surface area (TPSA) is 85.7 Å². The van der Waals surface area contributed by atoms with Gasteiger partial charge in [-0.2, -0.15) is 10.4 Å². The minimum atomic E-state index is -0.0528. The first-order chi connectivity index (χ1) is 11.2. The number of hydrogen-bond donors (Lipinski definition) is 1. The molecule has 1 saturated carbocycles. The molecule has 0 bridgehead atoms. The Bertz CT molecular complexity index is 724. The summed E-state index contributed by atoms with van der Waals surface area (Å²) in [6.07, 6.45) is 2.70. The van der Waals surface area contributed by atoms with Gasteiger partial charge in [-0.05, 0) is 31.9 Å². The van der Waals surface area contributed by atoms with Crippen molar-refractivity contribution < 1.29 is 4.79 Å². The number of aromatic nitrogens is 3. The monoisotopic (exact) mass is 309 g/mol. The minimum absolute atomic E-state index is 0.0528. The van der Waals surface area contributed by atoms with Crippen LogP contribution in [0.5, 0.6) is 0 Å². The van der Waals surface area contributed by atoms with Gasteiger partial charge in [0.1, 0.15) is 5.82 Å². The molecule has 0 saturated heterocycles. The summed E-state index contributed by atoms with van der Waals surface area (Å²) in [6, 6.07) is 9.39. The van der Waals surface area contributed by atoms with Crippen LogP contribution >= 0.6 is 0 Å². The Morgan fingerprint density at radius 1 is 1.39 bits per heavy atom. The molecule has 1 fully saturated rings. The predicted molar refractivity (Wildman–Crippen MR) is 85.6 cm³/mol. The number of carbonyl (C=O) groups is 1. The second-order valence-corrected chi connectivity index (χ2v) is 5.69. The van der Waals surface area contributed by atoms with Crippen LogP contribution in [0.3, 0.4) is 0 Å². The average molecular weight is 309 g/mol. The first-order valence-corrected chi connectivity index (χ1v) is 7.92. The van der Waals surface area contributed by atoms with Crippen molar-refractivity contribution >= 4 is 5.91 Å². The molecule has 1 aliphatic rings. The Morgan fingerprint density at radius 2 is 2.13 bits per heavy atom. The van der Waals surface area contributed by atoms with Crippen LogP contribution in [0.1, 0.15) is 48.3 Å². The molecule has 1 aliphatic carbocycles. The normalized spacial score (nSPS) is 13.6. The first-order valence-electron chi connectivity index (χ1n) is 7.92. The summed E-state index contributed by atoms with van der Waals surface area (Å²) < 4.78 is 0. The fourth-order valence-corrected chi connectivity index (χ4v) is 2.48. The van der Waals surface area contributed by atoms with Crippen molar-refractivity contribution in [1.29, 1.82) is 5.26 Å². The molecule has 1 N–H and O–H groups in total. The number of H-pyrrole nitrogens is 1. The molecule has 1 heterocycles. The Balaban J connectivity index is 1.72. The van der Waals surface area contributed by atoms with E-state index >= 15 is 0 Å². The zero-order valence-corrected chi connectivity index (χ0v) is 13.1. The summed E-state index contributed by atoms with van der Waals surface area (Å²) in [5.74, 6) is 2.11. The summed E-state index contributed by atoms with van der Waals surface area (Å²) in [6.45, 7) is 2.96. The van der Waals surface area contributed by atoms with Crippen LogP contribution in [0.15, 0.2) is 24.3 Å². The van der Waals surface area contributed by atoms with E-state index in [1.807, 2.05) is 19.1 Å². The van der Waals surface area contributed by atoms with Crippen molar-refractivity contribution in [1.82, 2.24) is 20.1 Å². The Hall–Kier alpha value is -2.68. The number of nitrogens with one attached hydrogen (secondary N) is 1. The molecule has 0 spiro atoms. The van der Waals surface area contributed by atoms with Crippen molar-refractivity contribution in [2.45, 2.75) is 32.1 Å². The molecule has 2 aromatic rings. The van der Waals surface area contributed by atoms with Crippen molar-refractivity contribution in [3.63, 3.8) is 0 Å². The van der Waals surface area contributed by atoms with Gasteiger partial charge in [-0.1, -0.05) is 12.1 Å². The summed E-state index contributed by atoms with van der Waals surface area (Å²) in [4.78, 5) is 18.6. The van der Waals surface area contributed by atoms with Gasteiger partial charge in [0.05, 0.1) is 12.5 Å². The maximum atomic E-state index is 12.4. The van der Waals surface area contributed by atoms with E-state index in [2.05, 4.69) is 21.3 Å².